The van der Waals surface area contributed by atoms with Crippen molar-refractivity contribution in [2.75, 3.05) is 0 Å². The molecule has 0 atom stereocenters. The smallest absolute Gasteiger partial charge is 0.248 e. The van der Waals surface area contributed by atoms with Gasteiger partial charge in [-0.05, 0) is 30.7 Å². The second-order valence-electron chi connectivity index (χ2n) is 5.61. The molecule has 1 aliphatic heterocycles. The molecule has 0 bridgehead atoms. The van der Waals surface area contributed by atoms with Gasteiger partial charge in [0.05, 0.1) is 10.6 Å². The fourth-order valence-corrected chi connectivity index (χ4v) is 2.87. The number of fused-ring (bicyclic) bond motifs is 1. The third-order valence-corrected chi connectivity index (χ3v) is 4.08. The maximum Gasteiger partial charge on any atom is 0.248 e. The Morgan fingerprint density at radius 1 is 0.875 bits per heavy atom. The van der Waals surface area contributed by atoms with E-state index in [9.17, 15) is 9.59 Å². The van der Waals surface area contributed by atoms with E-state index in [1.54, 1.807) is 31.2 Å². The molecular weight excluding hydrogens is 302 g/mol. The minimum absolute atomic E-state index is 0.0365. The molecule has 2 heterocycles. The molecule has 0 spiro atoms. The third-order valence-electron chi connectivity index (χ3n) is 4.08. The number of aromatic nitrogens is 1. The van der Waals surface area contributed by atoms with Crippen LogP contribution in [-0.2, 0) is 0 Å². The Kier molecular flexibility index (Phi) is 3.24. The summed E-state index contributed by atoms with van der Waals surface area (Å²) in [5, 5.41) is 0.628. The van der Waals surface area contributed by atoms with Crippen LogP contribution < -0.4 is 10.9 Å². The van der Waals surface area contributed by atoms with Gasteiger partial charge in [-0.1, -0.05) is 36.4 Å². The van der Waals surface area contributed by atoms with Crippen molar-refractivity contribution in [1.29, 1.82) is 0 Å². The Bertz CT molecular complexity index is 1240. The van der Waals surface area contributed by atoms with E-state index >= 15 is 0 Å². The predicted octanol–water partition coefficient (Wildman–Crippen LogP) is 3.25. The van der Waals surface area contributed by atoms with Gasteiger partial charge in [-0.15, -0.1) is 0 Å². The van der Waals surface area contributed by atoms with E-state index in [1.807, 2.05) is 30.3 Å². The van der Waals surface area contributed by atoms with Gasteiger partial charge in [-0.2, -0.15) is 0 Å². The van der Waals surface area contributed by atoms with Crippen LogP contribution in [0.5, 0.6) is 0 Å². The van der Waals surface area contributed by atoms with E-state index < -0.39 is 0 Å². The van der Waals surface area contributed by atoms with Crippen LogP contribution in [0.3, 0.4) is 0 Å². The number of nitrogens with zero attached hydrogens (tertiary/aromatic N) is 1. The Hall–Kier alpha value is -3.27. The summed E-state index contributed by atoms with van der Waals surface area (Å²) >= 11 is 0. The molecule has 0 saturated heterocycles. The highest BCUT2D eigenvalue weighted by molar-refractivity contribution is 5.81. The van der Waals surface area contributed by atoms with Crippen molar-refractivity contribution in [2.45, 2.75) is 6.92 Å². The van der Waals surface area contributed by atoms with Crippen molar-refractivity contribution in [3.8, 4) is 11.3 Å². The fourth-order valence-electron chi connectivity index (χ4n) is 2.87. The first-order valence-corrected chi connectivity index (χ1v) is 7.58. The second kappa shape index (κ2) is 5.42. The lowest BCUT2D eigenvalue weighted by Crippen LogP contribution is -2.16. The van der Waals surface area contributed by atoms with Crippen LogP contribution in [0.4, 0.5) is 0 Å². The molecule has 1 aromatic heterocycles. The lowest BCUT2D eigenvalue weighted by molar-refractivity contribution is 0.533. The SMILES string of the molecule is Cc1ccnc2c(=O)c3oc(-c4ccccc4)cccc=3c(=O)c12. The molecule has 0 fully saturated rings. The van der Waals surface area contributed by atoms with Crippen LogP contribution in [0.15, 0.2) is 74.8 Å². The van der Waals surface area contributed by atoms with Crippen molar-refractivity contribution in [1.82, 2.24) is 4.98 Å². The molecule has 4 heteroatoms. The Labute approximate surface area is 136 Å². The zero-order chi connectivity index (χ0) is 16.7. The molecule has 1 aromatic carbocycles. The quantitative estimate of drug-likeness (QED) is 0.541. The Balaban J connectivity index is 2.25. The van der Waals surface area contributed by atoms with Crippen LogP contribution in [0.1, 0.15) is 5.56 Å². The van der Waals surface area contributed by atoms with E-state index in [2.05, 4.69) is 4.98 Å². The molecule has 24 heavy (non-hydrogen) atoms. The van der Waals surface area contributed by atoms with Crippen LogP contribution in [-0.4, -0.2) is 4.98 Å². The monoisotopic (exact) mass is 315 g/mol. The summed E-state index contributed by atoms with van der Waals surface area (Å²) in [5.41, 5.74) is 1.16. The van der Waals surface area contributed by atoms with Gasteiger partial charge in [-0.25, -0.2) is 0 Å². The summed E-state index contributed by atoms with van der Waals surface area (Å²) < 4.78 is 5.85. The predicted molar refractivity (Wildman–Crippen MR) is 92.0 cm³/mol. The van der Waals surface area contributed by atoms with Gasteiger partial charge >= 0.3 is 0 Å². The summed E-state index contributed by atoms with van der Waals surface area (Å²) in [4.78, 5) is 29.7. The lowest BCUT2D eigenvalue weighted by atomic mass is 10.1. The fraction of sp³-hybridized carbons (Fsp3) is 0.0500. The van der Waals surface area contributed by atoms with Gasteiger partial charge in [-0.3, -0.25) is 14.6 Å². The minimum atomic E-state index is -0.364. The number of hydrogen-bond acceptors (Lipinski definition) is 4. The Morgan fingerprint density at radius 3 is 2.46 bits per heavy atom. The largest absolute Gasteiger partial charge is 0.452 e. The maximum atomic E-state index is 12.8. The maximum absolute atomic E-state index is 12.8. The first-order chi connectivity index (χ1) is 11.7. The van der Waals surface area contributed by atoms with E-state index in [-0.39, 0.29) is 27.0 Å². The van der Waals surface area contributed by atoms with Crippen molar-refractivity contribution >= 4 is 10.9 Å². The first-order valence-electron chi connectivity index (χ1n) is 7.58. The Morgan fingerprint density at radius 2 is 1.67 bits per heavy atom. The molecule has 1 aliphatic carbocycles. The molecule has 4 nitrogen and oxygen atoms in total. The molecular formula is C20H13NO3. The highest BCUT2D eigenvalue weighted by Gasteiger charge is 2.12. The highest BCUT2D eigenvalue weighted by Crippen LogP contribution is 2.18. The topological polar surface area (TPSA) is 60.2 Å². The first kappa shape index (κ1) is 14.3. The molecule has 2 aliphatic rings. The summed E-state index contributed by atoms with van der Waals surface area (Å²) in [5.74, 6) is 0.522. The zero-order valence-electron chi connectivity index (χ0n) is 12.9. The normalized spacial score (nSPS) is 11.0. The molecule has 0 saturated carbocycles. The average molecular weight is 315 g/mol. The molecule has 0 unspecified atom stereocenters. The van der Waals surface area contributed by atoms with Gasteiger partial charge in [0.1, 0.15) is 11.3 Å². The zero-order valence-corrected chi connectivity index (χ0v) is 12.9. The van der Waals surface area contributed by atoms with E-state index in [0.717, 1.165) is 11.1 Å². The number of hydrogen-bond donors (Lipinski definition) is 0. The second-order valence-corrected chi connectivity index (χ2v) is 5.61. The summed E-state index contributed by atoms with van der Waals surface area (Å²) in [6.45, 7) is 1.80. The molecule has 4 rings (SSSR count). The molecule has 0 radical (unpaired) electrons. The summed E-state index contributed by atoms with van der Waals surface area (Å²) in [7, 11) is 0. The standard InChI is InChI=1S/C20H13NO3/c1-12-10-11-21-17-16(12)18(22)14-8-5-9-15(24-20(14)19(17)23)13-6-3-2-4-7-13/h2-11H,1H3. The number of rotatable bonds is 1. The van der Waals surface area contributed by atoms with Crippen molar-refractivity contribution < 1.29 is 4.42 Å². The highest BCUT2D eigenvalue weighted by atomic mass is 16.3. The lowest BCUT2D eigenvalue weighted by Gasteiger charge is -2.00. The number of benzene rings is 1. The van der Waals surface area contributed by atoms with Crippen LogP contribution >= 0.6 is 0 Å². The van der Waals surface area contributed by atoms with Gasteiger partial charge in [0.25, 0.3) is 0 Å². The molecule has 0 N–H and O–H groups in total. The van der Waals surface area contributed by atoms with Crippen molar-refractivity contribution in [3.63, 3.8) is 0 Å². The van der Waals surface area contributed by atoms with Gasteiger partial charge < -0.3 is 4.42 Å². The summed E-state index contributed by atoms with van der Waals surface area (Å²) in [6.07, 6.45) is 1.53. The minimum Gasteiger partial charge on any atom is -0.452 e. The molecule has 0 amide bonds. The van der Waals surface area contributed by atoms with Crippen LogP contribution in [0, 0.1) is 17.6 Å². The van der Waals surface area contributed by atoms with E-state index in [0.29, 0.717) is 11.1 Å². The van der Waals surface area contributed by atoms with Crippen molar-refractivity contribution in [3.05, 3.63) is 97.4 Å². The van der Waals surface area contributed by atoms with Gasteiger partial charge in [0.2, 0.25) is 5.43 Å². The molecule has 2 aromatic rings. The van der Waals surface area contributed by atoms with Crippen molar-refractivity contribution in [2.24, 2.45) is 0 Å². The third kappa shape index (κ3) is 2.12. The molecule has 116 valence electrons. The van der Waals surface area contributed by atoms with E-state index in [4.69, 9.17) is 4.42 Å². The van der Waals surface area contributed by atoms with Crippen LogP contribution in [0.25, 0.3) is 22.2 Å². The van der Waals surface area contributed by atoms with E-state index in [1.165, 1.54) is 6.20 Å². The number of aryl methyl sites for hydroxylation is 1. The summed E-state index contributed by atoms with van der Waals surface area (Å²) in [6, 6.07) is 16.3. The van der Waals surface area contributed by atoms with Crippen LogP contribution in [0.2, 0.25) is 0 Å². The average Bonchev–Trinajstić information content (AvgIpc) is 2.84. The van der Waals surface area contributed by atoms with Gasteiger partial charge in [0, 0.05) is 11.8 Å². The number of pyridine rings is 1. The van der Waals surface area contributed by atoms with Gasteiger partial charge in [0.15, 0.2) is 10.8 Å².